The number of hydrogen-bond donors (Lipinski definition) is 2. The van der Waals surface area contributed by atoms with Crippen LogP contribution in [0.25, 0.3) is 11.3 Å². The fourth-order valence-electron chi connectivity index (χ4n) is 2.81. The van der Waals surface area contributed by atoms with Gasteiger partial charge in [-0.05, 0) is 43.2 Å². The largest absolute Gasteiger partial charge is 0.451 e. The molecule has 0 saturated carbocycles. The number of nitro benzene ring substituents is 1. The molecule has 148 valence electrons. The fourth-order valence-corrected chi connectivity index (χ4v) is 2.81. The van der Waals surface area contributed by atoms with E-state index < -0.39 is 16.7 Å². The van der Waals surface area contributed by atoms with E-state index in [1.807, 2.05) is 19.1 Å². The van der Waals surface area contributed by atoms with Gasteiger partial charge in [0.25, 0.3) is 11.6 Å². The number of carbonyl (C=O) groups excluding carboxylic acids is 2. The monoisotopic (exact) mass is 393 g/mol. The van der Waals surface area contributed by atoms with E-state index in [2.05, 4.69) is 5.32 Å². The molecule has 8 nitrogen and oxygen atoms in total. The number of nitrogens with zero attached hydrogens (tertiary/aromatic N) is 1. The highest BCUT2D eigenvalue weighted by atomic mass is 16.6. The number of nitrogens with one attached hydrogen (secondary N) is 1. The van der Waals surface area contributed by atoms with Gasteiger partial charge in [0.1, 0.15) is 5.76 Å². The van der Waals surface area contributed by atoms with Gasteiger partial charge >= 0.3 is 0 Å². The molecule has 8 heteroatoms. The van der Waals surface area contributed by atoms with Gasteiger partial charge in [-0.3, -0.25) is 19.7 Å². The van der Waals surface area contributed by atoms with Crippen LogP contribution >= 0.6 is 0 Å². The van der Waals surface area contributed by atoms with Crippen LogP contribution < -0.4 is 11.1 Å². The Kier molecular flexibility index (Phi) is 5.45. The van der Waals surface area contributed by atoms with Gasteiger partial charge in [-0.25, -0.2) is 0 Å². The van der Waals surface area contributed by atoms with Crippen LogP contribution in [0.4, 0.5) is 11.4 Å². The number of rotatable bonds is 6. The van der Waals surface area contributed by atoms with E-state index in [1.54, 1.807) is 31.2 Å². The van der Waals surface area contributed by atoms with Gasteiger partial charge in [0, 0.05) is 23.4 Å². The maximum absolute atomic E-state index is 12.7. The number of nitro groups is 1. The highest BCUT2D eigenvalue weighted by Crippen LogP contribution is 2.28. The molecule has 0 fully saturated rings. The molecule has 1 heterocycles. The molecule has 3 rings (SSSR count). The van der Waals surface area contributed by atoms with E-state index in [0.717, 1.165) is 5.56 Å². The first-order chi connectivity index (χ1) is 13.8. The lowest BCUT2D eigenvalue weighted by molar-refractivity contribution is -0.384. The van der Waals surface area contributed by atoms with Gasteiger partial charge in [-0.2, -0.15) is 0 Å². The summed E-state index contributed by atoms with van der Waals surface area (Å²) in [6, 6.07) is 14.4. The molecule has 1 aromatic heterocycles. The van der Waals surface area contributed by atoms with Crippen molar-refractivity contribution in [3.05, 3.63) is 81.6 Å². The number of furan rings is 1. The first kappa shape index (κ1) is 19.8. The number of nitrogens with two attached hydrogens (primary N) is 1. The number of primary amides is 1. The van der Waals surface area contributed by atoms with Crippen LogP contribution in [-0.4, -0.2) is 16.7 Å². The van der Waals surface area contributed by atoms with Crippen molar-refractivity contribution < 1.29 is 18.9 Å². The number of anilines is 1. The Hall–Kier alpha value is -3.94. The molecule has 0 saturated heterocycles. The third-order valence-electron chi connectivity index (χ3n) is 4.63. The summed E-state index contributed by atoms with van der Waals surface area (Å²) in [5, 5.41) is 13.7. The van der Waals surface area contributed by atoms with Crippen LogP contribution in [0.3, 0.4) is 0 Å². The minimum atomic E-state index is -0.659. The van der Waals surface area contributed by atoms with E-state index in [-0.39, 0.29) is 17.4 Å². The molecule has 1 atom stereocenters. The second-order valence-corrected chi connectivity index (χ2v) is 6.62. The van der Waals surface area contributed by atoms with E-state index in [1.165, 1.54) is 18.2 Å². The third-order valence-corrected chi connectivity index (χ3v) is 4.63. The molecule has 0 spiro atoms. The summed E-state index contributed by atoms with van der Waals surface area (Å²) in [6.45, 7) is 3.58. The zero-order chi connectivity index (χ0) is 21.1. The summed E-state index contributed by atoms with van der Waals surface area (Å²) in [6.07, 6.45) is 0. The maximum atomic E-state index is 12.7. The van der Waals surface area contributed by atoms with E-state index in [9.17, 15) is 19.7 Å². The SMILES string of the molecule is Cc1ccc(-c2ccc(C(N)=O)o2)cc1NC(=O)C(C)c1ccc([N+](=O)[O-])cc1. The van der Waals surface area contributed by atoms with E-state index in [4.69, 9.17) is 10.2 Å². The molecule has 3 aromatic rings. The number of benzene rings is 2. The molecule has 0 aliphatic heterocycles. The first-order valence-corrected chi connectivity index (χ1v) is 8.82. The quantitative estimate of drug-likeness (QED) is 0.483. The smallest absolute Gasteiger partial charge is 0.284 e. The van der Waals surface area contributed by atoms with Crippen molar-refractivity contribution in [1.82, 2.24) is 0 Å². The van der Waals surface area contributed by atoms with Crippen LogP contribution in [0, 0.1) is 17.0 Å². The summed E-state index contributed by atoms with van der Waals surface area (Å²) in [4.78, 5) is 34.2. The highest BCUT2D eigenvalue weighted by molar-refractivity contribution is 5.97. The number of carbonyl (C=O) groups is 2. The van der Waals surface area contributed by atoms with Gasteiger partial charge in [-0.1, -0.05) is 24.3 Å². The number of hydrogen-bond acceptors (Lipinski definition) is 5. The van der Waals surface area contributed by atoms with Crippen LogP contribution in [0.1, 0.15) is 34.5 Å². The Morgan fingerprint density at radius 2 is 1.79 bits per heavy atom. The van der Waals surface area contributed by atoms with Gasteiger partial charge < -0.3 is 15.5 Å². The average molecular weight is 393 g/mol. The molecule has 0 aliphatic carbocycles. The number of aryl methyl sites for hydroxylation is 1. The zero-order valence-corrected chi connectivity index (χ0v) is 15.8. The summed E-state index contributed by atoms with van der Waals surface area (Å²) in [5.41, 5.74) is 7.97. The standard InChI is InChI=1S/C21H19N3O5/c1-12-3-4-15(18-9-10-19(29-18)20(22)25)11-17(12)23-21(26)13(2)14-5-7-16(8-6-14)24(27)28/h3-11,13H,1-2H3,(H2,22,25)(H,23,26). The fraction of sp³-hybridized carbons (Fsp3) is 0.143. The summed E-state index contributed by atoms with van der Waals surface area (Å²) < 4.78 is 5.44. The average Bonchev–Trinajstić information content (AvgIpc) is 3.19. The number of non-ortho nitro benzene ring substituents is 1. The predicted molar refractivity (Wildman–Crippen MR) is 108 cm³/mol. The molecular weight excluding hydrogens is 374 g/mol. The van der Waals surface area contributed by atoms with Crippen molar-refractivity contribution in [2.24, 2.45) is 5.73 Å². The lowest BCUT2D eigenvalue weighted by Crippen LogP contribution is -2.19. The van der Waals surface area contributed by atoms with E-state index in [0.29, 0.717) is 22.6 Å². The molecule has 2 amide bonds. The third kappa shape index (κ3) is 4.32. The van der Waals surface area contributed by atoms with Crippen LogP contribution in [0.5, 0.6) is 0 Å². The lowest BCUT2D eigenvalue weighted by Gasteiger charge is -2.15. The molecule has 2 aromatic carbocycles. The maximum Gasteiger partial charge on any atom is 0.284 e. The Balaban J connectivity index is 1.80. The van der Waals surface area contributed by atoms with Crippen molar-refractivity contribution in [2.45, 2.75) is 19.8 Å². The molecule has 29 heavy (non-hydrogen) atoms. The highest BCUT2D eigenvalue weighted by Gasteiger charge is 2.18. The van der Waals surface area contributed by atoms with Crippen molar-refractivity contribution in [2.75, 3.05) is 5.32 Å². The van der Waals surface area contributed by atoms with Gasteiger partial charge in [-0.15, -0.1) is 0 Å². The Morgan fingerprint density at radius 3 is 2.38 bits per heavy atom. The molecule has 1 unspecified atom stereocenters. The number of amides is 2. The van der Waals surface area contributed by atoms with Crippen LogP contribution in [0.15, 0.2) is 59.0 Å². The van der Waals surface area contributed by atoms with Gasteiger partial charge in [0.05, 0.1) is 10.8 Å². The molecule has 0 radical (unpaired) electrons. The van der Waals surface area contributed by atoms with Crippen LogP contribution in [-0.2, 0) is 4.79 Å². The molecular formula is C21H19N3O5. The minimum Gasteiger partial charge on any atom is -0.451 e. The van der Waals surface area contributed by atoms with Crippen molar-refractivity contribution in [3.8, 4) is 11.3 Å². The lowest BCUT2D eigenvalue weighted by atomic mass is 9.99. The molecule has 0 aliphatic rings. The first-order valence-electron chi connectivity index (χ1n) is 8.82. The second-order valence-electron chi connectivity index (χ2n) is 6.62. The van der Waals surface area contributed by atoms with Crippen molar-refractivity contribution in [3.63, 3.8) is 0 Å². The van der Waals surface area contributed by atoms with Crippen molar-refractivity contribution >= 4 is 23.2 Å². The topological polar surface area (TPSA) is 128 Å². The predicted octanol–water partition coefficient (Wildman–Crippen LogP) is 4.00. The minimum absolute atomic E-state index is 0.0290. The van der Waals surface area contributed by atoms with Crippen molar-refractivity contribution in [1.29, 1.82) is 0 Å². The molecule has 3 N–H and O–H groups in total. The zero-order valence-electron chi connectivity index (χ0n) is 15.8. The second kappa shape index (κ2) is 7.97. The Morgan fingerprint density at radius 1 is 1.10 bits per heavy atom. The summed E-state index contributed by atoms with van der Waals surface area (Å²) in [7, 11) is 0. The van der Waals surface area contributed by atoms with Gasteiger partial charge in [0.15, 0.2) is 5.76 Å². The summed E-state index contributed by atoms with van der Waals surface area (Å²) in [5.74, 6) is -0.912. The van der Waals surface area contributed by atoms with E-state index >= 15 is 0 Å². The summed E-state index contributed by atoms with van der Waals surface area (Å²) >= 11 is 0. The van der Waals surface area contributed by atoms with Crippen LogP contribution in [0.2, 0.25) is 0 Å². The Bertz CT molecular complexity index is 1090. The van der Waals surface area contributed by atoms with Gasteiger partial charge in [0.2, 0.25) is 5.91 Å². The molecule has 0 bridgehead atoms. The normalized spacial score (nSPS) is 11.7. The Labute approximate surface area is 166 Å².